The van der Waals surface area contributed by atoms with Gasteiger partial charge in [0.15, 0.2) is 5.65 Å². The molecule has 26 heavy (non-hydrogen) atoms. The number of rotatable bonds is 8. The van der Waals surface area contributed by atoms with E-state index in [2.05, 4.69) is 9.97 Å². The lowest BCUT2D eigenvalue weighted by atomic mass is 10.2. The first-order chi connectivity index (χ1) is 12.3. The average molecular weight is 379 g/mol. The van der Waals surface area contributed by atoms with Crippen LogP contribution in [0.15, 0.2) is 14.6 Å². The third kappa shape index (κ3) is 3.98. The second kappa shape index (κ2) is 8.48. The first-order valence-corrected chi connectivity index (χ1v) is 9.53. The molecule has 0 aliphatic rings. The lowest BCUT2D eigenvalue weighted by molar-refractivity contribution is -0.304. The van der Waals surface area contributed by atoms with Crippen molar-refractivity contribution in [3.8, 4) is 0 Å². The van der Waals surface area contributed by atoms with Crippen LogP contribution in [0.5, 0.6) is 0 Å². The number of aliphatic carboxylic acids is 1. The van der Waals surface area contributed by atoms with Crippen LogP contribution < -0.4 is 16.4 Å². The molecule has 0 aliphatic heterocycles. The van der Waals surface area contributed by atoms with Gasteiger partial charge >= 0.3 is 5.69 Å². The number of carboxylic acid groups (broad SMARTS) is 1. The normalized spacial score (nSPS) is 12.5. The van der Waals surface area contributed by atoms with E-state index in [4.69, 9.17) is 0 Å². The smallest absolute Gasteiger partial charge is 0.332 e. The van der Waals surface area contributed by atoms with Gasteiger partial charge in [-0.15, -0.1) is 0 Å². The molecule has 2 rings (SSSR count). The highest BCUT2D eigenvalue weighted by Crippen LogP contribution is 2.29. The molecule has 0 aliphatic carbocycles. The van der Waals surface area contributed by atoms with Crippen molar-refractivity contribution in [2.75, 3.05) is 0 Å². The Bertz CT molecular complexity index is 935. The minimum atomic E-state index is -1.19. The predicted octanol–water partition coefficient (Wildman–Crippen LogP) is 0.381. The van der Waals surface area contributed by atoms with Crippen LogP contribution in [0.25, 0.3) is 11.0 Å². The molecule has 0 bridgehead atoms. The molecule has 0 radical (unpaired) electrons. The number of carbonyl (C=O) groups is 1. The van der Waals surface area contributed by atoms with Gasteiger partial charge in [0, 0.05) is 20.5 Å². The minimum absolute atomic E-state index is 0.169. The fraction of sp³-hybridized carbons (Fsp3) is 0.588. The van der Waals surface area contributed by atoms with E-state index in [1.807, 2.05) is 13.8 Å². The first kappa shape index (κ1) is 20.2. The zero-order valence-electron chi connectivity index (χ0n) is 15.4. The van der Waals surface area contributed by atoms with Gasteiger partial charge in [-0.25, -0.2) is 14.8 Å². The molecular weight excluding hydrogens is 356 g/mol. The maximum Gasteiger partial charge on any atom is 0.332 e. The molecule has 0 fully saturated rings. The fourth-order valence-corrected chi connectivity index (χ4v) is 3.75. The fourth-order valence-electron chi connectivity index (χ4n) is 2.64. The summed E-state index contributed by atoms with van der Waals surface area (Å²) >= 11 is 1.00. The Hall–Kier alpha value is -2.16. The van der Waals surface area contributed by atoms with Gasteiger partial charge in [-0.2, -0.15) is 0 Å². The standard InChI is InChI=1S/C17H24N4O4S/c1-5-7-9-10(16(23)24)26-14-12-13(18-11(19-14)8-6-2)20(3)17(25)21(4)15(12)22/h10H,5-9H2,1-4H3,(H,23,24)/p-1/t10-/m0/s1. The number of carbonyl (C=O) groups excluding carboxylic acids is 1. The Morgan fingerprint density at radius 2 is 1.85 bits per heavy atom. The van der Waals surface area contributed by atoms with E-state index in [1.54, 1.807) is 0 Å². The van der Waals surface area contributed by atoms with Crippen molar-refractivity contribution in [3.63, 3.8) is 0 Å². The predicted molar refractivity (Wildman–Crippen MR) is 98.2 cm³/mol. The number of fused-ring (bicyclic) bond motifs is 1. The molecule has 142 valence electrons. The highest BCUT2D eigenvalue weighted by Gasteiger charge is 2.21. The van der Waals surface area contributed by atoms with Crippen LogP contribution in [0.4, 0.5) is 0 Å². The number of unbranched alkanes of at least 4 members (excludes halogenated alkanes) is 1. The summed E-state index contributed by atoms with van der Waals surface area (Å²) < 4.78 is 2.27. The van der Waals surface area contributed by atoms with Gasteiger partial charge in [0.2, 0.25) is 0 Å². The zero-order chi connectivity index (χ0) is 19.4. The van der Waals surface area contributed by atoms with Gasteiger partial charge in [-0.05, 0) is 12.8 Å². The second-order valence-electron chi connectivity index (χ2n) is 6.17. The van der Waals surface area contributed by atoms with Crippen LogP contribution in [-0.2, 0) is 25.3 Å². The van der Waals surface area contributed by atoms with Gasteiger partial charge in [0.05, 0.1) is 11.2 Å². The Kier molecular flexibility index (Phi) is 6.57. The number of nitrogens with zero attached hydrogens (tertiary/aromatic N) is 4. The summed E-state index contributed by atoms with van der Waals surface area (Å²) in [6, 6.07) is 0. The van der Waals surface area contributed by atoms with Crippen LogP contribution in [0.1, 0.15) is 45.4 Å². The lowest BCUT2D eigenvalue weighted by Crippen LogP contribution is -2.38. The summed E-state index contributed by atoms with van der Waals surface area (Å²) in [5.74, 6) is -0.702. The van der Waals surface area contributed by atoms with Crippen molar-refractivity contribution in [2.24, 2.45) is 14.1 Å². The van der Waals surface area contributed by atoms with E-state index in [0.717, 1.165) is 35.6 Å². The number of carboxylic acids is 1. The lowest BCUT2D eigenvalue weighted by Gasteiger charge is -2.18. The molecule has 1 atom stereocenters. The zero-order valence-corrected chi connectivity index (χ0v) is 16.3. The molecule has 0 spiro atoms. The van der Waals surface area contributed by atoms with Gasteiger partial charge in [-0.1, -0.05) is 38.5 Å². The molecule has 8 nitrogen and oxygen atoms in total. The van der Waals surface area contributed by atoms with Gasteiger partial charge in [-0.3, -0.25) is 13.9 Å². The molecular formula is C17H23N4O4S-. The monoisotopic (exact) mass is 379 g/mol. The van der Waals surface area contributed by atoms with E-state index in [-0.39, 0.29) is 11.0 Å². The van der Waals surface area contributed by atoms with Crippen molar-refractivity contribution in [3.05, 3.63) is 26.7 Å². The Morgan fingerprint density at radius 3 is 2.42 bits per heavy atom. The van der Waals surface area contributed by atoms with Crippen molar-refractivity contribution < 1.29 is 9.90 Å². The summed E-state index contributed by atoms with van der Waals surface area (Å²) in [4.78, 5) is 45.2. The molecule has 9 heteroatoms. The molecule has 2 heterocycles. The summed E-state index contributed by atoms with van der Waals surface area (Å²) in [6.07, 6.45) is 3.36. The van der Waals surface area contributed by atoms with E-state index >= 15 is 0 Å². The molecule has 0 saturated heterocycles. The Morgan fingerprint density at radius 1 is 1.15 bits per heavy atom. The van der Waals surface area contributed by atoms with Crippen molar-refractivity contribution in [1.82, 2.24) is 19.1 Å². The van der Waals surface area contributed by atoms with Crippen molar-refractivity contribution in [1.29, 1.82) is 0 Å². The number of aryl methyl sites for hydroxylation is 2. The van der Waals surface area contributed by atoms with Crippen LogP contribution in [-0.4, -0.2) is 30.3 Å². The average Bonchev–Trinajstić information content (AvgIpc) is 2.61. The van der Waals surface area contributed by atoms with Crippen LogP contribution in [0.2, 0.25) is 0 Å². The summed E-state index contributed by atoms with van der Waals surface area (Å²) in [7, 11) is 2.92. The Balaban J connectivity index is 2.71. The van der Waals surface area contributed by atoms with Gasteiger partial charge in [0.1, 0.15) is 16.2 Å². The summed E-state index contributed by atoms with van der Waals surface area (Å²) in [5, 5.41) is 11.2. The summed E-state index contributed by atoms with van der Waals surface area (Å²) in [6.45, 7) is 3.94. The largest absolute Gasteiger partial charge is 0.549 e. The van der Waals surface area contributed by atoms with Crippen LogP contribution in [0, 0.1) is 0 Å². The van der Waals surface area contributed by atoms with E-state index < -0.39 is 22.5 Å². The van der Waals surface area contributed by atoms with E-state index in [0.29, 0.717) is 23.7 Å². The van der Waals surface area contributed by atoms with Gasteiger partial charge in [0.25, 0.3) is 5.56 Å². The van der Waals surface area contributed by atoms with Crippen LogP contribution in [0.3, 0.4) is 0 Å². The number of thioether (sulfide) groups is 1. The van der Waals surface area contributed by atoms with Crippen molar-refractivity contribution in [2.45, 2.75) is 56.2 Å². The van der Waals surface area contributed by atoms with E-state index in [9.17, 15) is 19.5 Å². The highest BCUT2D eigenvalue weighted by atomic mass is 32.2. The molecule has 2 aromatic heterocycles. The van der Waals surface area contributed by atoms with E-state index in [1.165, 1.54) is 18.7 Å². The van der Waals surface area contributed by atoms with Gasteiger partial charge < -0.3 is 9.90 Å². The Labute approximate surface area is 155 Å². The number of hydrogen-bond donors (Lipinski definition) is 0. The highest BCUT2D eigenvalue weighted by molar-refractivity contribution is 8.00. The quantitative estimate of drug-likeness (QED) is 0.482. The SMILES string of the molecule is CCCC[C@H](Sc1nc(CCC)nc2c1c(=O)n(C)c(=O)n2C)C(=O)[O-]. The second-order valence-corrected chi connectivity index (χ2v) is 7.36. The number of hydrogen-bond acceptors (Lipinski definition) is 7. The molecule has 2 aromatic rings. The number of aromatic nitrogens is 4. The minimum Gasteiger partial charge on any atom is -0.549 e. The molecule has 0 saturated carbocycles. The first-order valence-electron chi connectivity index (χ1n) is 8.65. The topological polar surface area (TPSA) is 110 Å². The maximum absolute atomic E-state index is 12.6. The molecule has 0 unspecified atom stereocenters. The van der Waals surface area contributed by atoms with Crippen molar-refractivity contribution >= 4 is 28.8 Å². The third-order valence-electron chi connectivity index (χ3n) is 4.12. The molecule has 0 amide bonds. The summed E-state index contributed by atoms with van der Waals surface area (Å²) in [5.41, 5.74) is -0.782. The molecule has 0 N–H and O–H groups in total. The third-order valence-corrected chi connectivity index (χ3v) is 5.35. The van der Waals surface area contributed by atoms with Crippen LogP contribution >= 0.6 is 11.8 Å². The maximum atomic E-state index is 12.6. The molecule has 0 aromatic carbocycles.